The second-order valence-electron chi connectivity index (χ2n) is 5.52. The van der Waals surface area contributed by atoms with E-state index in [1.54, 1.807) is 0 Å². The Morgan fingerprint density at radius 1 is 1.24 bits per heavy atom. The lowest BCUT2D eigenvalue weighted by atomic mass is 10.2. The highest BCUT2D eigenvalue weighted by molar-refractivity contribution is 7.19. The van der Waals surface area contributed by atoms with Gasteiger partial charge in [0, 0.05) is 13.0 Å². The Balaban J connectivity index is 2.07. The summed E-state index contributed by atoms with van der Waals surface area (Å²) in [6.07, 6.45) is 3.95. The molecule has 0 aliphatic heterocycles. The summed E-state index contributed by atoms with van der Waals surface area (Å²) in [6, 6.07) is 9.61. The molecule has 1 N–H and O–H groups in total. The van der Waals surface area contributed by atoms with Crippen LogP contribution < -0.4 is 5.32 Å². The van der Waals surface area contributed by atoms with Crippen molar-refractivity contribution in [2.75, 3.05) is 19.0 Å². The van der Waals surface area contributed by atoms with Crippen LogP contribution in [-0.2, 0) is 16.0 Å². The first-order valence-corrected chi connectivity index (χ1v) is 9.31. The van der Waals surface area contributed by atoms with Crippen LogP contribution in [0.5, 0.6) is 0 Å². The van der Waals surface area contributed by atoms with Crippen molar-refractivity contribution < 1.29 is 9.53 Å². The maximum absolute atomic E-state index is 11.3. The largest absolute Gasteiger partial charge is 0.469 e. The van der Waals surface area contributed by atoms with Gasteiger partial charge < -0.3 is 10.1 Å². The minimum Gasteiger partial charge on any atom is -0.469 e. The van der Waals surface area contributed by atoms with Crippen molar-refractivity contribution in [1.29, 1.82) is 0 Å². The number of aryl methyl sites for hydroxylation is 1. The molecule has 7 heteroatoms. The monoisotopic (exact) mass is 360 g/mol. The Bertz CT molecular complexity index is 686. The molecule has 0 spiro atoms. The van der Waals surface area contributed by atoms with Crippen LogP contribution in [0.2, 0.25) is 0 Å². The number of rotatable bonds is 10. The maximum Gasteiger partial charge on any atom is 0.305 e. The molecule has 1 aromatic heterocycles. The standard InChI is InChI=1S/C18H24N4O2S/c1-3-4-13-19-18-20-15(11-8-12-16(23)24-2)17(25-18)22-21-14-9-6-5-7-10-14/h5-7,9-10H,3-4,8,11-13H2,1-2H3,(H,19,20). The fourth-order valence-electron chi connectivity index (χ4n) is 2.13. The van der Waals surface area contributed by atoms with E-state index in [1.807, 2.05) is 30.3 Å². The summed E-state index contributed by atoms with van der Waals surface area (Å²) in [5.41, 5.74) is 1.67. The molecular formula is C18H24N4O2S. The molecule has 0 radical (unpaired) electrons. The summed E-state index contributed by atoms with van der Waals surface area (Å²) >= 11 is 1.49. The topological polar surface area (TPSA) is 75.9 Å². The molecule has 0 aliphatic carbocycles. The molecule has 25 heavy (non-hydrogen) atoms. The Morgan fingerprint density at radius 2 is 2.04 bits per heavy atom. The fraction of sp³-hybridized carbons (Fsp3) is 0.444. The normalized spacial score (nSPS) is 11.0. The van der Waals surface area contributed by atoms with E-state index in [-0.39, 0.29) is 5.97 Å². The summed E-state index contributed by atoms with van der Waals surface area (Å²) in [5, 5.41) is 13.6. The third kappa shape index (κ3) is 6.62. The number of esters is 1. The summed E-state index contributed by atoms with van der Waals surface area (Å²) in [5.74, 6) is -0.205. The van der Waals surface area contributed by atoms with E-state index in [4.69, 9.17) is 0 Å². The predicted molar refractivity (Wildman–Crippen MR) is 101 cm³/mol. The zero-order chi connectivity index (χ0) is 17.9. The van der Waals surface area contributed by atoms with Crippen molar-refractivity contribution in [3.05, 3.63) is 36.0 Å². The predicted octanol–water partition coefficient (Wildman–Crippen LogP) is 5.27. The van der Waals surface area contributed by atoms with Gasteiger partial charge in [0.15, 0.2) is 10.1 Å². The Kier molecular flexibility index (Phi) is 8.04. The van der Waals surface area contributed by atoms with Crippen molar-refractivity contribution >= 4 is 33.1 Å². The zero-order valence-electron chi connectivity index (χ0n) is 14.7. The van der Waals surface area contributed by atoms with E-state index in [9.17, 15) is 4.79 Å². The average Bonchev–Trinajstić information content (AvgIpc) is 3.03. The quantitative estimate of drug-likeness (QED) is 0.356. The molecule has 0 amide bonds. The van der Waals surface area contributed by atoms with E-state index in [1.165, 1.54) is 18.4 Å². The van der Waals surface area contributed by atoms with E-state index in [2.05, 4.69) is 32.2 Å². The van der Waals surface area contributed by atoms with Gasteiger partial charge in [-0.15, -0.1) is 10.2 Å². The van der Waals surface area contributed by atoms with E-state index >= 15 is 0 Å². The number of carbonyl (C=O) groups is 1. The molecule has 1 heterocycles. The summed E-state index contributed by atoms with van der Waals surface area (Å²) < 4.78 is 4.68. The highest BCUT2D eigenvalue weighted by atomic mass is 32.1. The first-order chi connectivity index (χ1) is 12.2. The number of hydrogen-bond donors (Lipinski definition) is 1. The van der Waals surface area contributed by atoms with Gasteiger partial charge in [-0.25, -0.2) is 4.98 Å². The van der Waals surface area contributed by atoms with Gasteiger partial charge in [0.1, 0.15) is 0 Å². The van der Waals surface area contributed by atoms with Crippen LogP contribution in [0.15, 0.2) is 40.6 Å². The minimum atomic E-state index is -0.205. The third-order valence-electron chi connectivity index (χ3n) is 3.52. The number of benzene rings is 1. The molecular weight excluding hydrogens is 336 g/mol. The SMILES string of the molecule is CCCCNc1nc(CCCC(=O)OC)c(N=Nc2ccccc2)s1. The highest BCUT2D eigenvalue weighted by Crippen LogP contribution is 2.33. The third-order valence-corrected chi connectivity index (χ3v) is 4.46. The molecule has 0 bridgehead atoms. The van der Waals surface area contributed by atoms with Gasteiger partial charge in [-0.2, -0.15) is 0 Å². The number of aromatic nitrogens is 1. The molecule has 1 aromatic carbocycles. The van der Waals surface area contributed by atoms with Crippen LogP contribution in [0.3, 0.4) is 0 Å². The number of hydrogen-bond acceptors (Lipinski definition) is 7. The number of nitrogens with zero attached hydrogens (tertiary/aromatic N) is 3. The molecule has 6 nitrogen and oxygen atoms in total. The lowest BCUT2D eigenvalue weighted by Crippen LogP contribution is -2.02. The van der Waals surface area contributed by atoms with Crippen molar-refractivity contribution in [2.24, 2.45) is 10.2 Å². The van der Waals surface area contributed by atoms with E-state index < -0.39 is 0 Å². The van der Waals surface area contributed by atoms with Gasteiger partial charge in [0.25, 0.3) is 0 Å². The van der Waals surface area contributed by atoms with Crippen molar-refractivity contribution in [2.45, 2.75) is 39.0 Å². The van der Waals surface area contributed by atoms with Crippen LogP contribution in [0.25, 0.3) is 0 Å². The van der Waals surface area contributed by atoms with E-state index in [0.29, 0.717) is 19.3 Å². The van der Waals surface area contributed by atoms with Gasteiger partial charge in [-0.3, -0.25) is 4.79 Å². The fourth-order valence-corrected chi connectivity index (χ4v) is 2.99. The molecule has 0 unspecified atom stereocenters. The second kappa shape index (κ2) is 10.6. The molecule has 134 valence electrons. The van der Waals surface area contributed by atoms with Crippen LogP contribution >= 0.6 is 11.3 Å². The van der Waals surface area contributed by atoms with Gasteiger partial charge in [0.05, 0.1) is 18.5 Å². The van der Waals surface area contributed by atoms with Crippen LogP contribution in [0.4, 0.5) is 15.8 Å². The number of carbonyl (C=O) groups excluding carboxylic acids is 1. The van der Waals surface area contributed by atoms with Crippen LogP contribution in [0.1, 0.15) is 38.3 Å². The molecule has 2 rings (SSSR count). The number of unbranched alkanes of at least 4 members (excludes halogenated alkanes) is 1. The lowest BCUT2D eigenvalue weighted by Gasteiger charge is -1.99. The number of ether oxygens (including phenoxy) is 1. The number of azo groups is 1. The van der Waals surface area contributed by atoms with Crippen molar-refractivity contribution in [3.63, 3.8) is 0 Å². The minimum absolute atomic E-state index is 0.205. The van der Waals surface area contributed by atoms with Gasteiger partial charge >= 0.3 is 5.97 Å². The van der Waals surface area contributed by atoms with Gasteiger partial charge in [-0.1, -0.05) is 42.9 Å². The Labute approximate surface area is 152 Å². The zero-order valence-corrected chi connectivity index (χ0v) is 15.5. The number of nitrogens with one attached hydrogen (secondary N) is 1. The molecule has 0 saturated heterocycles. The first-order valence-electron chi connectivity index (χ1n) is 8.50. The number of thiazole rings is 1. The molecule has 0 atom stereocenters. The van der Waals surface area contributed by atoms with Crippen molar-refractivity contribution in [3.8, 4) is 0 Å². The smallest absolute Gasteiger partial charge is 0.305 e. The summed E-state index contributed by atoms with van der Waals surface area (Å²) in [4.78, 5) is 15.9. The van der Waals surface area contributed by atoms with Gasteiger partial charge in [-0.05, 0) is 31.4 Å². The average molecular weight is 360 g/mol. The summed E-state index contributed by atoms with van der Waals surface area (Å²) in [7, 11) is 1.40. The Hall–Kier alpha value is -2.28. The molecule has 0 aliphatic rings. The second-order valence-corrected chi connectivity index (χ2v) is 6.49. The summed E-state index contributed by atoms with van der Waals surface area (Å²) in [6.45, 7) is 3.04. The van der Waals surface area contributed by atoms with Crippen molar-refractivity contribution in [1.82, 2.24) is 4.98 Å². The number of methoxy groups -OCH3 is 1. The van der Waals surface area contributed by atoms with Crippen LogP contribution in [-0.4, -0.2) is 24.6 Å². The van der Waals surface area contributed by atoms with Gasteiger partial charge in [0.2, 0.25) is 0 Å². The Morgan fingerprint density at radius 3 is 2.76 bits per heavy atom. The molecule has 0 saturated carbocycles. The number of anilines is 1. The molecule has 2 aromatic rings. The first kappa shape index (κ1) is 19.1. The van der Waals surface area contributed by atoms with Crippen LogP contribution in [0, 0.1) is 0 Å². The highest BCUT2D eigenvalue weighted by Gasteiger charge is 2.12. The van der Waals surface area contributed by atoms with E-state index in [0.717, 1.165) is 40.9 Å². The maximum atomic E-state index is 11.3. The lowest BCUT2D eigenvalue weighted by molar-refractivity contribution is -0.140. The molecule has 0 fully saturated rings.